The van der Waals surface area contributed by atoms with Crippen molar-refractivity contribution in [1.82, 2.24) is 20.3 Å². The molecule has 0 unspecified atom stereocenters. The lowest BCUT2D eigenvalue weighted by Gasteiger charge is -2.02. The predicted octanol–water partition coefficient (Wildman–Crippen LogP) is 2.62. The van der Waals surface area contributed by atoms with Gasteiger partial charge in [-0.15, -0.1) is 0 Å². The average Bonchev–Trinajstić information content (AvgIpc) is 3.17. The first-order chi connectivity index (χ1) is 12.1. The van der Waals surface area contributed by atoms with E-state index >= 15 is 0 Å². The van der Waals surface area contributed by atoms with Gasteiger partial charge >= 0.3 is 6.01 Å². The molecule has 2 amide bonds. The number of aromatic nitrogens is 3. The standard InChI is InChI=1S/C16H10N4O4S/c1-23-15-18-5-9(6-19-15)11-7-17-4-8-2-10(24-13(8)11)3-12-14(21)20-16(22)25-12/h2-7H,1H3,(H,20,21,22)/b12-3+. The van der Waals surface area contributed by atoms with Crippen molar-refractivity contribution in [1.29, 1.82) is 0 Å². The van der Waals surface area contributed by atoms with Gasteiger partial charge in [0.05, 0.1) is 12.0 Å². The second-order valence-corrected chi connectivity index (χ2v) is 6.08. The van der Waals surface area contributed by atoms with Crippen LogP contribution < -0.4 is 10.1 Å². The summed E-state index contributed by atoms with van der Waals surface area (Å²) >= 11 is 0.835. The molecule has 3 aromatic heterocycles. The molecule has 3 aromatic rings. The smallest absolute Gasteiger partial charge is 0.316 e. The number of methoxy groups -OCH3 is 1. The quantitative estimate of drug-likeness (QED) is 0.715. The van der Waals surface area contributed by atoms with E-state index in [4.69, 9.17) is 9.15 Å². The molecule has 0 aliphatic carbocycles. The van der Waals surface area contributed by atoms with E-state index in [-0.39, 0.29) is 10.9 Å². The highest BCUT2D eigenvalue weighted by molar-refractivity contribution is 8.18. The molecular formula is C16H10N4O4S. The molecule has 8 nitrogen and oxygen atoms in total. The summed E-state index contributed by atoms with van der Waals surface area (Å²) in [7, 11) is 1.49. The summed E-state index contributed by atoms with van der Waals surface area (Å²) in [5, 5.41) is 2.56. The van der Waals surface area contributed by atoms with Gasteiger partial charge in [-0.1, -0.05) is 0 Å². The lowest BCUT2D eigenvalue weighted by atomic mass is 10.1. The zero-order valence-corrected chi connectivity index (χ0v) is 13.7. The Bertz CT molecular complexity index is 1030. The number of hydrogen-bond donors (Lipinski definition) is 1. The Kier molecular flexibility index (Phi) is 3.69. The summed E-state index contributed by atoms with van der Waals surface area (Å²) in [6.45, 7) is 0. The molecule has 0 bridgehead atoms. The number of thioether (sulfide) groups is 1. The maximum absolute atomic E-state index is 11.6. The highest BCUT2D eigenvalue weighted by Crippen LogP contribution is 2.32. The molecule has 1 saturated heterocycles. The summed E-state index contributed by atoms with van der Waals surface area (Å²) in [5.74, 6) is 0.0170. The Morgan fingerprint density at radius 1 is 1.20 bits per heavy atom. The van der Waals surface area contributed by atoms with E-state index in [1.54, 1.807) is 30.9 Å². The number of ether oxygens (including phenoxy) is 1. The van der Waals surface area contributed by atoms with Crippen LogP contribution in [0.1, 0.15) is 5.76 Å². The summed E-state index contributed by atoms with van der Waals surface area (Å²) < 4.78 is 10.8. The van der Waals surface area contributed by atoms with Crippen molar-refractivity contribution in [2.45, 2.75) is 0 Å². The zero-order valence-electron chi connectivity index (χ0n) is 12.8. The summed E-state index contributed by atoms with van der Waals surface area (Å²) in [5.41, 5.74) is 2.02. The number of carbonyl (C=O) groups is 2. The largest absolute Gasteiger partial charge is 0.467 e. The fraction of sp³-hybridized carbons (Fsp3) is 0.0625. The third-order valence-electron chi connectivity index (χ3n) is 3.48. The van der Waals surface area contributed by atoms with Gasteiger partial charge in [0.2, 0.25) is 0 Å². The van der Waals surface area contributed by atoms with E-state index in [1.807, 2.05) is 0 Å². The van der Waals surface area contributed by atoms with Gasteiger partial charge in [0, 0.05) is 47.4 Å². The molecule has 124 valence electrons. The molecule has 0 saturated carbocycles. The molecule has 1 aliphatic heterocycles. The Balaban J connectivity index is 1.77. The highest BCUT2D eigenvalue weighted by atomic mass is 32.2. The molecular weight excluding hydrogens is 344 g/mol. The summed E-state index contributed by atoms with van der Waals surface area (Å²) in [6.07, 6.45) is 8.05. The number of amides is 2. The normalized spacial score (nSPS) is 15.8. The van der Waals surface area contributed by atoms with E-state index in [2.05, 4.69) is 20.3 Å². The monoisotopic (exact) mass is 354 g/mol. The summed E-state index contributed by atoms with van der Waals surface area (Å²) in [6, 6.07) is 2.02. The van der Waals surface area contributed by atoms with E-state index < -0.39 is 11.1 Å². The van der Waals surface area contributed by atoms with Gasteiger partial charge < -0.3 is 9.15 Å². The fourth-order valence-corrected chi connectivity index (χ4v) is 3.03. The van der Waals surface area contributed by atoms with Gasteiger partial charge in [-0.3, -0.25) is 19.9 Å². The van der Waals surface area contributed by atoms with Gasteiger partial charge in [0.1, 0.15) is 11.3 Å². The van der Waals surface area contributed by atoms with Crippen LogP contribution in [0.5, 0.6) is 6.01 Å². The van der Waals surface area contributed by atoms with E-state index in [1.165, 1.54) is 13.2 Å². The van der Waals surface area contributed by atoms with Crippen LogP contribution in [-0.2, 0) is 4.79 Å². The lowest BCUT2D eigenvalue weighted by Crippen LogP contribution is -2.17. The van der Waals surface area contributed by atoms with Crippen molar-refractivity contribution < 1.29 is 18.7 Å². The Morgan fingerprint density at radius 3 is 2.68 bits per heavy atom. The van der Waals surface area contributed by atoms with Gasteiger partial charge in [0.15, 0.2) is 0 Å². The van der Waals surface area contributed by atoms with Gasteiger partial charge in [-0.25, -0.2) is 9.97 Å². The number of rotatable bonds is 3. The van der Waals surface area contributed by atoms with Crippen LogP contribution >= 0.6 is 11.8 Å². The third-order valence-corrected chi connectivity index (χ3v) is 4.29. The van der Waals surface area contributed by atoms with Crippen molar-refractivity contribution in [3.05, 3.63) is 41.5 Å². The molecule has 1 aliphatic rings. The van der Waals surface area contributed by atoms with Crippen LogP contribution in [-0.4, -0.2) is 33.2 Å². The average molecular weight is 354 g/mol. The maximum Gasteiger partial charge on any atom is 0.316 e. The van der Waals surface area contributed by atoms with Gasteiger partial charge in [-0.2, -0.15) is 0 Å². The molecule has 1 fully saturated rings. The molecule has 0 spiro atoms. The van der Waals surface area contributed by atoms with Gasteiger partial charge in [-0.05, 0) is 17.8 Å². The van der Waals surface area contributed by atoms with Crippen LogP contribution in [0.25, 0.3) is 28.2 Å². The minimum atomic E-state index is -0.433. The van der Waals surface area contributed by atoms with Crippen molar-refractivity contribution in [3.8, 4) is 17.1 Å². The SMILES string of the molecule is COc1ncc(-c2cncc3cc(/C=C4/SC(=O)NC4=O)oc23)cn1. The maximum atomic E-state index is 11.6. The number of nitrogens with one attached hydrogen (secondary N) is 1. The fourth-order valence-electron chi connectivity index (χ4n) is 2.37. The van der Waals surface area contributed by atoms with E-state index in [9.17, 15) is 9.59 Å². The molecule has 4 heterocycles. The Labute approximate surface area is 145 Å². The van der Waals surface area contributed by atoms with Crippen LogP contribution in [0.4, 0.5) is 4.79 Å². The Hall–Kier alpha value is -3.20. The molecule has 0 radical (unpaired) electrons. The number of hydrogen-bond acceptors (Lipinski definition) is 8. The number of pyridine rings is 1. The molecule has 4 rings (SSSR count). The van der Waals surface area contributed by atoms with E-state index in [0.29, 0.717) is 16.9 Å². The lowest BCUT2D eigenvalue weighted by molar-refractivity contribution is -0.115. The van der Waals surface area contributed by atoms with Crippen LogP contribution in [0.15, 0.2) is 40.2 Å². The zero-order chi connectivity index (χ0) is 17.4. The molecule has 0 atom stereocenters. The first kappa shape index (κ1) is 15.3. The number of fused-ring (bicyclic) bond motifs is 1. The number of carbonyl (C=O) groups excluding carboxylic acids is 2. The molecule has 0 aromatic carbocycles. The minimum absolute atomic E-state index is 0.266. The molecule has 25 heavy (non-hydrogen) atoms. The third kappa shape index (κ3) is 2.85. The topological polar surface area (TPSA) is 107 Å². The van der Waals surface area contributed by atoms with Crippen molar-refractivity contribution in [2.75, 3.05) is 7.11 Å². The Morgan fingerprint density at radius 2 is 2.00 bits per heavy atom. The number of imide groups is 1. The molecule has 1 N–H and O–H groups in total. The van der Waals surface area contributed by atoms with Crippen LogP contribution in [0, 0.1) is 0 Å². The second-order valence-electron chi connectivity index (χ2n) is 5.06. The first-order valence-electron chi connectivity index (χ1n) is 7.13. The second kappa shape index (κ2) is 6.02. The highest BCUT2D eigenvalue weighted by Gasteiger charge is 2.25. The first-order valence-corrected chi connectivity index (χ1v) is 7.94. The van der Waals surface area contributed by atoms with E-state index in [0.717, 1.165) is 22.7 Å². The predicted molar refractivity (Wildman–Crippen MR) is 90.7 cm³/mol. The van der Waals surface area contributed by atoms with Crippen molar-refractivity contribution in [3.63, 3.8) is 0 Å². The number of furan rings is 1. The summed E-state index contributed by atoms with van der Waals surface area (Å²) in [4.78, 5) is 35.5. The number of nitrogens with zero attached hydrogens (tertiary/aromatic N) is 3. The van der Waals surface area contributed by atoms with Gasteiger partial charge in [0.25, 0.3) is 11.1 Å². The van der Waals surface area contributed by atoms with Crippen LogP contribution in [0.2, 0.25) is 0 Å². The van der Waals surface area contributed by atoms with Crippen molar-refractivity contribution >= 4 is 40.0 Å². The van der Waals surface area contributed by atoms with Crippen LogP contribution in [0.3, 0.4) is 0 Å². The minimum Gasteiger partial charge on any atom is -0.467 e. The van der Waals surface area contributed by atoms with Crippen molar-refractivity contribution in [2.24, 2.45) is 0 Å². The molecule has 9 heteroatoms.